The lowest BCUT2D eigenvalue weighted by Crippen LogP contribution is -2.43. The van der Waals surface area contributed by atoms with Crippen molar-refractivity contribution in [3.8, 4) is 0 Å². The first-order valence-corrected chi connectivity index (χ1v) is 6.24. The molecule has 0 atom stereocenters. The predicted molar refractivity (Wildman–Crippen MR) is 65.1 cm³/mol. The lowest BCUT2D eigenvalue weighted by Gasteiger charge is -2.38. The minimum Gasteiger partial charge on any atom is -0.321 e. The van der Waals surface area contributed by atoms with Crippen molar-refractivity contribution in [3.05, 3.63) is 35.4 Å². The minimum atomic E-state index is -4.08. The van der Waals surface area contributed by atoms with Gasteiger partial charge in [0.05, 0.1) is 5.92 Å². The molecule has 0 radical (unpaired) electrons. The summed E-state index contributed by atoms with van der Waals surface area (Å²) in [7, 11) is 0. The second-order valence-electron chi connectivity index (χ2n) is 5.34. The van der Waals surface area contributed by atoms with Crippen LogP contribution in [0, 0.1) is 12.8 Å². The lowest BCUT2D eigenvalue weighted by molar-refractivity contribution is -0.184. The molecule has 0 bridgehead atoms. The van der Waals surface area contributed by atoms with Crippen LogP contribution in [0.3, 0.4) is 0 Å². The predicted octanol–water partition coefficient (Wildman–Crippen LogP) is 3.90. The molecule has 0 saturated heterocycles. The van der Waals surface area contributed by atoms with Gasteiger partial charge in [0.15, 0.2) is 0 Å². The molecule has 2 N–H and O–H groups in total. The van der Waals surface area contributed by atoms with E-state index in [1.165, 1.54) is 0 Å². The second kappa shape index (κ2) is 4.57. The van der Waals surface area contributed by atoms with E-state index in [2.05, 4.69) is 0 Å². The molecular formula is C14H18F3N. The van der Waals surface area contributed by atoms with Crippen LogP contribution in [0.25, 0.3) is 0 Å². The van der Waals surface area contributed by atoms with Crippen LogP contribution in [0.1, 0.15) is 36.8 Å². The maximum atomic E-state index is 12.6. The third-order valence-corrected chi connectivity index (χ3v) is 3.93. The molecule has 1 aliphatic rings. The molecule has 2 rings (SSSR count). The average Bonchev–Trinajstić information content (AvgIpc) is 2.28. The van der Waals surface area contributed by atoms with Crippen LogP contribution >= 0.6 is 0 Å². The molecule has 18 heavy (non-hydrogen) atoms. The van der Waals surface area contributed by atoms with Gasteiger partial charge in [-0.25, -0.2) is 0 Å². The van der Waals surface area contributed by atoms with E-state index in [0.717, 1.165) is 11.1 Å². The van der Waals surface area contributed by atoms with Gasteiger partial charge in [0.2, 0.25) is 0 Å². The molecule has 1 aliphatic carbocycles. The third-order valence-electron chi connectivity index (χ3n) is 3.93. The molecule has 0 heterocycles. The van der Waals surface area contributed by atoms with E-state index < -0.39 is 17.6 Å². The van der Waals surface area contributed by atoms with Crippen LogP contribution in [0.4, 0.5) is 13.2 Å². The van der Waals surface area contributed by atoms with Gasteiger partial charge in [0.1, 0.15) is 0 Å². The number of halogens is 3. The summed E-state index contributed by atoms with van der Waals surface area (Å²) in [6, 6.07) is 7.78. The van der Waals surface area contributed by atoms with Crippen LogP contribution < -0.4 is 5.73 Å². The first-order chi connectivity index (χ1) is 8.31. The first-order valence-electron chi connectivity index (χ1n) is 6.24. The fraction of sp³-hybridized carbons (Fsp3) is 0.571. The van der Waals surface area contributed by atoms with E-state index in [4.69, 9.17) is 5.73 Å². The maximum absolute atomic E-state index is 12.6. The number of aryl methyl sites for hydroxylation is 1. The number of hydrogen-bond acceptors (Lipinski definition) is 1. The molecule has 0 aliphatic heterocycles. The number of hydrogen-bond donors (Lipinski definition) is 1. The molecule has 0 unspecified atom stereocenters. The molecule has 0 spiro atoms. The van der Waals surface area contributed by atoms with Crippen molar-refractivity contribution in [2.24, 2.45) is 11.7 Å². The van der Waals surface area contributed by atoms with E-state index >= 15 is 0 Å². The highest BCUT2D eigenvalue weighted by atomic mass is 19.4. The van der Waals surface area contributed by atoms with Crippen molar-refractivity contribution in [3.63, 3.8) is 0 Å². The molecule has 0 aromatic heterocycles. The summed E-state index contributed by atoms with van der Waals surface area (Å²) in [5, 5.41) is 0. The molecular weight excluding hydrogens is 239 g/mol. The van der Waals surface area contributed by atoms with Crippen molar-refractivity contribution in [2.45, 2.75) is 44.3 Å². The average molecular weight is 257 g/mol. The highest BCUT2D eigenvalue weighted by molar-refractivity contribution is 5.29. The zero-order valence-corrected chi connectivity index (χ0v) is 10.4. The van der Waals surface area contributed by atoms with Gasteiger partial charge in [-0.05, 0) is 38.2 Å². The number of rotatable bonds is 1. The zero-order valence-electron chi connectivity index (χ0n) is 10.4. The lowest BCUT2D eigenvalue weighted by atomic mass is 9.73. The number of nitrogens with two attached hydrogens (primary N) is 1. The summed E-state index contributed by atoms with van der Waals surface area (Å²) in [5.41, 5.74) is 7.75. The highest BCUT2D eigenvalue weighted by Gasteiger charge is 2.44. The molecule has 1 fully saturated rings. The van der Waals surface area contributed by atoms with Crippen molar-refractivity contribution in [2.75, 3.05) is 0 Å². The summed E-state index contributed by atoms with van der Waals surface area (Å²) in [4.78, 5) is 0. The van der Waals surface area contributed by atoms with Gasteiger partial charge in [-0.15, -0.1) is 0 Å². The molecule has 0 amide bonds. The van der Waals surface area contributed by atoms with Gasteiger partial charge in [0.25, 0.3) is 0 Å². The van der Waals surface area contributed by atoms with Crippen LogP contribution in [0.2, 0.25) is 0 Å². The standard InChI is InChI=1S/C14H18F3N/c1-10-3-2-4-12(9-10)13(18)7-5-11(6-8-13)14(15,16)17/h2-4,9,11H,5-8,18H2,1H3. The Kier molecular flexibility index (Phi) is 3.41. The highest BCUT2D eigenvalue weighted by Crippen LogP contribution is 2.43. The van der Waals surface area contributed by atoms with Gasteiger partial charge in [0, 0.05) is 5.54 Å². The van der Waals surface area contributed by atoms with Gasteiger partial charge in [-0.3, -0.25) is 0 Å². The van der Waals surface area contributed by atoms with Crippen molar-refractivity contribution < 1.29 is 13.2 Å². The topological polar surface area (TPSA) is 26.0 Å². The first kappa shape index (κ1) is 13.4. The summed E-state index contributed by atoms with van der Waals surface area (Å²) in [6.07, 6.45) is -3.00. The minimum absolute atomic E-state index is 0.133. The van der Waals surface area contributed by atoms with E-state index in [-0.39, 0.29) is 12.8 Å². The van der Waals surface area contributed by atoms with Gasteiger partial charge in [-0.1, -0.05) is 29.8 Å². The second-order valence-corrected chi connectivity index (χ2v) is 5.34. The maximum Gasteiger partial charge on any atom is 0.391 e. The quantitative estimate of drug-likeness (QED) is 0.811. The Bertz CT molecular complexity index is 417. The van der Waals surface area contributed by atoms with Gasteiger partial charge >= 0.3 is 6.18 Å². The van der Waals surface area contributed by atoms with E-state index in [1.807, 2.05) is 31.2 Å². The van der Waals surface area contributed by atoms with Gasteiger partial charge in [-0.2, -0.15) is 13.2 Å². The Morgan fingerprint density at radius 2 is 1.83 bits per heavy atom. The smallest absolute Gasteiger partial charge is 0.321 e. The number of benzene rings is 1. The molecule has 4 heteroatoms. The van der Waals surface area contributed by atoms with Crippen LogP contribution in [-0.4, -0.2) is 6.18 Å². The largest absolute Gasteiger partial charge is 0.391 e. The summed E-state index contributed by atoms with van der Waals surface area (Å²) in [6.45, 7) is 1.97. The summed E-state index contributed by atoms with van der Waals surface area (Å²) < 4.78 is 37.9. The van der Waals surface area contributed by atoms with Crippen LogP contribution in [0.15, 0.2) is 24.3 Å². The summed E-state index contributed by atoms with van der Waals surface area (Å²) >= 11 is 0. The fourth-order valence-corrected chi connectivity index (χ4v) is 2.70. The molecule has 1 saturated carbocycles. The monoisotopic (exact) mass is 257 g/mol. The molecule has 1 aromatic rings. The normalized spacial score (nSPS) is 29.3. The van der Waals surface area contributed by atoms with Crippen molar-refractivity contribution in [1.82, 2.24) is 0 Å². The Morgan fingerprint density at radius 1 is 1.22 bits per heavy atom. The van der Waals surface area contributed by atoms with E-state index in [1.54, 1.807) is 0 Å². The fourth-order valence-electron chi connectivity index (χ4n) is 2.70. The Hall–Kier alpha value is -1.03. The Balaban J connectivity index is 2.12. The van der Waals surface area contributed by atoms with E-state index in [9.17, 15) is 13.2 Å². The zero-order chi connectivity index (χ0) is 13.4. The molecule has 1 aromatic carbocycles. The Labute approximate surface area is 105 Å². The number of alkyl halides is 3. The van der Waals surface area contributed by atoms with Crippen LogP contribution in [-0.2, 0) is 5.54 Å². The Morgan fingerprint density at radius 3 is 2.33 bits per heavy atom. The van der Waals surface area contributed by atoms with Gasteiger partial charge < -0.3 is 5.73 Å². The molecule has 1 nitrogen and oxygen atoms in total. The van der Waals surface area contributed by atoms with Crippen molar-refractivity contribution >= 4 is 0 Å². The molecule has 100 valence electrons. The summed E-state index contributed by atoms with van der Waals surface area (Å²) in [5.74, 6) is -1.18. The van der Waals surface area contributed by atoms with E-state index in [0.29, 0.717) is 12.8 Å². The van der Waals surface area contributed by atoms with Crippen LogP contribution in [0.5, 0.6) is 0 Å². The SMILES string of the molecule is Cc1cccc(C2(N)CCC(C(F)(F)F)CC2)c1. The third kappa shape index (κ3) is 2.69. The van der Waals surface area contributed by atoms with Crippen molar-refractivity contribution in [1.29, 1.82) is 0 Å².